The largest absolute Gasteiger partial charge is 0.258 e. The van der Waals surface area contributed by atoms with Gasteiger partial charge in [-0.1, -0.05) is 11.6 Å². The van der Waals surface area contributed by atoms with E-state index < -0.39 is 0 Å². The van der Waals surface area contributed by atoms with Crippen LogP contribution < -0.4 is 0 Å². The van der Waals surface area contributed by atoms with Crippen molar-refractivity contribution < 1.29 is 0 Å². The van der Waals surface area contributed by atoms with E-state index in [0.717, 1.165) is 22.0 Å². The summed E-state index contributed by atoms with van der Waals surface area (Å²) in [4.78, 5) is 4.25. The lowest BCUT2D eigenvalue weighted by molar-refractivity contribution is 1.09. The molecule has 0 N–H and O–H groups in total. The van der Waals surface area contributed by atoms with E-state index >= 15 is 0 Å². The molecule has 1 rings (SSSR count). The minimum absolute atomic E-state index is 0.810. The van der Waals surface area contributed by atoms with E-state index in [0.29, 0.717) is 0 Å². The molecule has 0 aliphatic heterocycles. The maximum atomic E-state index is 5.88. The number of hydrogen-bond acceptors (Lipinski definition) is 1. The van der Waals surface area contributed by atoms with Crippen molar-refractivity contribution in [2.75, 3.05) is 0 Å². The van der Waals surface area contributed by atoms with Crippen molar-refractivity contribution in [3.8, 4) is 0 Å². The molecule has 0 saturated heterocycles. The summed E-state index contributed by atoms with van der Waals surface area (Å²) in [6.07, 6.45) is 0. The fraction of sp³-hybridized carbons (Fsp3) is 0.375. The first-order chi connectivity index (χ1) is 4.61. The fourth-order valence-electron chi connectivity index (χ4n) is 0.845. The van der Waals surface area contributed by atoms with Gasteiger partial charge in [0.05, 0.1) is 0 Å². The third-order valence-corrected chi connectivity index (χ3v) is 1.97. The molecule has 0 unspecified atom stereocenters. The van der Waals surface area contributed by atoms with E-state index in [-0.39, 0.29) is 0 Å². The van der Waals surface area contributed by atoms with Crippen molar-refractivity contribution in [1.82, 2.24) is 4.98 Å². The average molecular weight is 156 g/mol. The van der Waals surface area contributed by atoms with Gasteiger partial charge in [0, 0.05) is 16.4 Å². The quantitative estimate of drug-likeness (QED) is 0.562. The SMILES string of the molecule is Cc1cc(Cl)c(C)c(C)n1. The van der Waals surface area contributed by atoms with E-state index in [2.05, 4.69) is 4.98 Å². The van der Waals surface area contributed by atoms with Crippen LogP contribution in [0.25, 0.3) is 0 Å². The zero-order chi connectivity index (χ0) is 7.72. The third kappa shape index (κ3) is 1.29. The maximum Gasteiger partial charge on any atom is 0.0471 e. The first-order valence-electron chi connectivity index (χ1n) is 3.21. The van der Waals surface area contributed by atoms with Gasteiger partial charge in [-0.2, -0.15) is 0 Å². The molecule has 0 spiro atoms. The third-order valence-electron chi connectivity index (χ3n) is 1.58. The normalized spacial score (nSPS) is 10.0. The first-order valence-corrected chi connectivity index (χ1v) is 3.59. The molecule has 0 amide bonds. The predicted octanol–water partition coefficient (Wildman–Crippen LogP) is 2.66. The number of rotatable bonds is 0. The Hall–Kier alpha value is -0.560. The lowest BCUT2D eigenvalue weighted by Crippen LogP contribution is -1.90. The Kier molecular flexibility index (Phi) is 1.95. The predicted molar refractivity (Wildman–Crippen MR) is 43.5 cm³/mol. The molecule has 0 atom stereocenters. The summed E-state index contributed by atoms with van der Waals surface area (Å²) >= 11 is 5.88. The van der Waals surface area contributed by atoms with Crippen molar-refractivity contribution in [2.45, 2.75) is 20.8 Å². The van der Waals surface area contributed by atoms with Gasteiger partial charge in [-0.05, 0) is 32.4 Å². The lowest BCUT2D eigenvalue weighted by atomic mass is 10.2. The van der Waals surface area contributed by atoms with Crippen molar-refractivity contribution in [1.29, 1.82) is 0 Å². The van der Waals surface area contributed by atoms with Gasteiger partial charge in [-0.25, -0.2) is 0 Å². The fourth-order valence-corrected chi connectivity index (χ4v) is 1.14. The van der Waals surface area contributed by atoms with Crippen molar-refractivity contribution in [2.24, 2.45) is 0 Å². The van der Waals surface area contributed by atoms with Gasteiger partial charge < -0.3 is 0 Å². The minimum atomic E-state index is 0.810. The summed E-state index contributed by atoms with van der Waals surface area (Å²) < 4.78 is 0. The van der Waals surface area contributed by atoms with Crippen molar-refractivity contribution in [3.63, 3.8) is 0 Å². The number of halogens is 1. The van der Waals surface area contributed by atoms with Crippen LogP contribution in [0, 0.1) is 20.8 Å². The van der Waals surface area contributed by atoms with Gasteiger partial charge in [0.2, 0.25) is 0 Å². The molecule has 1 aromatic rings. The number of hydrogen-bond donors (Lipinski definition) is 0. The van der Waals surface area contributed by atoms with E-state index in [4.69, 9.17) is 11.6 Å². The summed E-state index contributed by atoms with van der Waals surface area (Å²) in [6, 6.07) is 1.88. The topological polar surface area (TPSA) is 12.9 Å². The number of pyridine rings is 1. The highest BCUT2D eigenvalue weighted by atomic mass is 35.5. The molecule has 0 aliphatic rings. The molecule has 2 heteroatoms. The molecular weight excluding hydrogens is 146 g/mol. The van der Waals surface area contributed by atoms with Gasteiger partial charge in [-0.15, -0.1) is 0 Å². The van der Waals surface area contributed by atoms with Gasteiger partial charge in [-0.3, -0.25) is 4.98 Å². The highest BCUT2D eigenvalue weighted by molar-refractivity contribution is 6.31. The second-order valence-electron chi connectivity index (χ2n) is 2.46. The molecule has 0 fully saturated rings. The monoisotopic (exact) mass is 155 g/mol. The Morgan fingerprint density at radius 1 is 1.30 bits per heavy atom. The van der Waals surface area contributed by atoms with Crippen LogP contribution in [0.1, 0.15) is 17.0 Å². The zero-order valence-electron chi connectivity index (χ0n) is 6.40. The number of aromatic nitrogens is 1. The molecular formula is C8H10ClN. The number of nitrogens with zero attached hydrogens (tertiary/aromatic N) is 1. The Morgan fingerprint density at radius 3 is 2.40 bits per heavy atom. The Morgan fingerprint density at radius 2 is 1.90 bits per heavy atom. The molecule has 54 valence electrons. The van der Waals surface area contributed by atoms with Crippen LogP contribution in [0.3, 0.4) is 0 Å². The van der Waals surface area contributed by atoms with Crippen LogP contribution in [0.2, 0.25) is 5.02 Å². The summed E-state index contributed by atoms with van der Waals surface area (Å²) in [5.74, 6) is 0. The Bertz CT molecular complexity index is 232. The molecule has 0 saturated carbocycles. The van der Waals surface area contributed by atoms with Crippen molar-refractivity contribution >= 4 is 11.6 Å². The Labute approximate surface area is 66.0 Å². The average Bonchev–Trinajstić information content (AvgIpc) is 1.82. The van der Waals surface area contributed by atoms with Gasteiger partial charge in [0.25, 0.3) is 0 Å². The standard InChI is InChI=1S/C8H10ClN/c1-5-4-8(9)6(2)7(3)10-5/h4H,1-3H3. The molecule has 1 heterocycles. The summed E-state index contributed by atoms with van der Waals surface area (Å²) in [5, 5.41) is 0.810. The lowest BCUT2D eigenvalue weighted by Gasteiger charge is -2.01. The molecule has 10 heavy (non-hydrogen) atoms. The molecule has 1 nitrogen and oxygen atoms in total. The van der Waals surface area contributed by atoms with E-state index in [1.165, 1.54) is 0 Å². The molecule has 0 aliphatic carbocycles. The van der Waals surface area contributed by atoms with Crippen LogP contribution in [0.15, 0.2) is 6.07 Å². The smallest absolute Gasteiger partial charge is 0.0471 e. The molecule has 0 bridgehead atoms. The number of aryl methyl sites for hydroxylation is 2. The zero-order valence-corrected chi connectivity index (χ0v) is 7.16. The van der Waals surface area contributed by atoms with Gasteiger partial charge in [0.15, 0.2) is 0 Å². The second-order valence-corrected chi connectivity index (χ2v) is 2.86. The van der Waals surface area contributed by atoms with Crippen molar-refractivity contribution in [3.05, 3.63) is 28.0 Å². The van der Waals surface area contributed by atoms with Crippen LogP contribution >= 0.6 is 11.6 Å². The van der Waals surface area contributed by atoms with Crippen LogP contribution in [0.4, 0.5) is 0 Å². The molecule has 0 radical (unpaired) electrons. The summed E-state index contributed by atoms with van der Waals surface area (Å²) in [6.45, 7) is 5.89. The minimum Gasteiger partial charge on any atom is -0.258 e. The van der Waals surface area contributed by atoms with Gasteiger partial charge >= 0.3 is 0 Å². The summed E-state index contributed by atoms with van der Waals surface area (Å²) in [5.41, 5.74) is 3.07. The first kappa shape index (κ1) is 7.55. The van der Waals surface area contributed by atoms with E-state index in [1.807, 2.05) is 26.8 Å². The summed E-state index contributed by atoms with van der Waals surface area (Å²) in [7, 11) is 0. The highest BCUT2D eigenvalue weighted by Gasteiger charge is 1.99. The Balaban J connectivity index is 3.31. The maximum absolute atomic E-state index is 5.88. The molecule has 1 aromatic heterocycles. The second kappa shape index (κ2) is 2.59. The van der Waals surface area contributed by atoms with E-state index in [1.54, 1.807) is 0 Å². The van der Waals surface area contributed by atoms with Gasteiger partial charge in [0.1, 0.15) is 0 Å². The van der Waals surface area contributed by atoms with E-state index in [9.17, 15) is 0 Å². The van der Waals surface area contributed by atoms with Crippen LogP contribution in [-0.2, 0) is 0 Å². The molecule has 0 aromatic carbocycles. The van der Waals surface area contributed by atoms with Crippen LogP contribution in [0.5, 0.6) is 0 Å². The highest BCUT2D eigenvalue weighted by Crippen LogP contribution is 2.17. The van der Waals surface area contributed by atoms with Crippen LogP contribution in [-0.4, -0.2) is 4.98 Å².